The summed E-state index contributed by atoms with van der Waals surface area (Å²) < 4.78 is 13.1. The van der Waals surface area contributed by atoms with Crippen molar-refractivity contribution in [1.82, 2.24) is 0 Å². The minimum absolute atomic E-state index is 0.0496. The van der Waals surface area contributed by atoms with E-state index in [2.05, 4.69) is 15.9 Å². The molecule has 0 saturated carbocycles. The SMILES string of the molecule is O=C(O)c1ccc(Br)cc1S(=O)Cc1cccc(Cl)c1. The molecule has 6 heteroatoms. The van der Waals surface area contributed by atoms with Crippen molar-refractivity contribution in [2.24, 2.45) is 0 Å². The maximum absolute atomic E-state index is 12.4. The molecule has 0 aromatic heterocycles. The molecule has 2 aromatic rings. The van der Waals surface area contributed by atoms with Gasteiger partial charge in [0.25, 0.3) is 0 Å². The van der Waals surface area contributed by atoms with Gasteiger partial charge >= 0.3 is 5.97 Å². The zero-order valence-electron chi connectivity index (χ0n) is 10.2. The van der Waals surface area contributed by atoms with Crippen LogP contribution in [0.15, 0.2) is 51.8 Å². The normalized spacial score (nSPS) is 12.1. The van der Waals surface area contributed by atoms with Crippen LogP contribution < -0.4 is 0 Å². The number of hydrogen-bond acceptors (Lipinski definition) is 2. The molecule has 0 aliphatic rings. The van der Waals surface area contributed by atoms with Gasteiger partial charge in [0.2, 0.25) is 0 Å². The molecule has 2 rings (SSSR count). The third kappa shape index (κ3) is 3.69. The summed E-state index contributed by atoms with van der Waals surface area (Å²) in [6.07, 6.45) is 0. The fourth-order valence-corrected chi connectivity index (χ4v) is 3.74. The highest BCUT2D eigenvalue weighted by molar-refractivity contribution is 9.10. The topological polar surface area (TPSA) is 54.4 Å². The predicted molar refractivity (Wildman–Crippen MR) is 82.7 cm³/mol. The molecule has 0 aliphatic carbocycles. The van der Waals surface area contributed by atoms with Crippen LogP contribution in [-0.4, -0.2) is 15.3 Å². The molecule has 2 aromatic carbocycles. The Morgan fingerprint density at radius 2 is 2.00 bits per heavy atom. The third-order valence-electron chi connectivity index (χ3n) is 2.61. The van der Waals surface area contributed by atoms with E-state index in [1.165, 1.54) is 6.07 Å². The van der Waals surface area contributed by atoms with E-state index in [1.807, 2.05) is 6.07 Å². The largest absolute Gasteiger partial charge is 0.478 e. The van der Waals surface area contributed by atoms with E-state index in [-0.39, 0.29) is 11.3 Å². The number of benzene rings is 2. The third-order valence-corrected chi connectivity index (χ3v) is 4.76. The molecular weight excluding hydrogens is 364 g/mol. The lowest BCUT2D eigenvalue weighted by Crippen LogP contribution is -2.06. The van der Waals surface area contributed by atoms with Crippen LogP contribution in [0.3, 0.4) is 0 Å². The van der Waals surface area contributed by atoms with Gasteiger partial charge in [-0.1, -0.05) is 39.7 Å². The van der Waals surface area contributed by atoms with Gasteiger partial charge in [-0.25, -0.2) is 4.79 Å². The van der Waals surface area contributed by atoms with Crippen LogP contribution in [0.1, 0.15) is 15.9 Å². The van der Waals surface area contributed by atoms with Gasteiger partial charge in [0.15, 0.2) is 0 Å². The Labute approximate surface area is 132 Å². The van der Waals surface area contributed by atoms with Crippen molar-refractivity contribution >= 4 is 44.3 Å². The molecule has 1 N–H and O–H groups in total. The van der Waals surface area contributed by atoms with Gasteiger partial charge in [0, 0.05) is 9.50 Å². The van der Waals surface area contributed by atoms with Gasteiger partial charge in [-0.2, -0.15) is 0 Å². The zero-order valence-corrected chi connectivity index (χ0v) is 13.3. The number of rotatable bonds is 4. The minimum atomic E-state index is -1.45. The lowest BCUT2D eigenvalue weighted by molar-refractivity contribution is 0.0693. The van der Waals surface area contributed by atoms with Gasteiger partial charge in [-0.15, -0.1) is 0 Å². The van der Waals surface area contributed by atoms with E-state index < -0.39 is 16.8 Å². The summed E-state index contributed by atoms with van der Waals surface area (Å²) in [5, 5.41) is 9.71. The quantitative estimate of drug-likeness (QED) is 0.877. The Morgan fingerprint density at radius 3 is 2.65 bits per heavy atom. The number of halogens is 2. The lowest BCUT2D eigenvalue weighted by atomic mass is 10.2. The monoisotopic (exact) mass is 372 g/mol. The minimum Gasteiger partial charge on any atom is -0.478 e. The van der Waals surface area contributed by atoms with E-state index >= 15 is 0 Å². The van der Waals surface area contributed by atoms with Crippen molar-refractivity contribution in [3.05, 3.63) is 63.1 Å². The molecule has 0 aliphatic heterocycles. The summed E-state index contributed by atoms with van der Waals surface area (Å²) in [6.45, 7) is 0. The van der Waals surface area contributed by atoms with Crippen LogP contribution in [0.4, 0.5) is 0 Å². The molecule has 0 fully saturated rings. The smallest absolute Gasteiger partial charge is 0.336 e. The first-order valence-corrected chi connectivity index (χ1v) is 8.12. The van der Waals surface area contributed by atoms with E-state index in [0.29, 0.717) is 14.4 Å². The molecule has 20 heavy (non-hydrogen) atoms. The Morgan fingerprint density at radius 1 is 1.25 bits per heavy atom. The molecule has 0 amide bonds. The number of carbonyl (C=O) groups is 1. The Bertz CT molecular complexity index is 688. The summed E-state index contributed by atoms with van der Waals surface area (Å²) in [4.78, 5) is 11.5. The van der Waals surface area contributed by atoms with Gasteiger partial charge < -0.3 is 5.11 Å². The van der Waals surface area contributed by atoms with Crippen LogP contribution in [0, 0.1) is 0 Å². The molecular formula is C14H10BrClO3S. The van der Waals surface area contributed by atoms with Crippen molar-refractivity contribution in [2.45, 2.75) is 10.6 Å². The second kappa shape index (κ2) is 6.52. The molecule has 0 bridgehead atoms. The molecule has 0 spiro atoms. The molecule has 0 heterocycles. The fourth-order valence-electron chi connectivity index (χ4n) is 1.72. The van der Waals surface area contributed by atoms with Crippen LogP contribution in [0.2, 0.25) is 5.02 Å². The number of carboxylic acids is 1. The van der Waals surface area contributed by atoms with E-state index in [0.717, 1.165) is 5.56 Å². The maximum Gasteiger partial charge on any atom is 0.336 e. The number of hydrogen-bond donors (Lipinski definition) is 1. The average molecular weight is 374 g/mol. The molecule has 3 nitrogen and oxygen atoms in total. The van der Waals surface area contributed by atoms with Crippen molar-refractivity contribution in [3.63, 3.8) is 0 Å². The zero-order chi connectivity index (χ0) is 14.7. The maximum atomic E-state index is 12.4. The second-order valence-corrected chi connectivity index (χ2v) is 6.84. The van der Waals surface area contributed by atoms with Crippen LogP contribution in [-0.2, 0) is 16.6 Å². The lowest BCUT2D eigenvalue weighted by Gasteiger charge is -2.07. The summed E-state index contributed by atoms with van der Waals surface area (Å²) in [5.41, 5.74) is 0.848. The van der Waals surface area contributed by atoms with Gasteiger partial charge in [0.1, 0.15) is 0 Å². The van der Waals surface area contributed by atoms with Crippen molar-refractivity contribution in [3.8, 4) is 0 Å². The molecule has 104 valence electrons. The number of aromatic carboxylic acids is 1. The average Bonchev–Trinajstić information content (AvgIpc) is 2.38. The van der Waals surface area contributed by atoms with Crippen molar-refractivity contribution in [1.29, 1.82) is 0 Å². The van der Waals surface area contributed by atoms with Crippen molar-refractivity contribution in [2.75, 3.05) is 0 Å². The van der Waals surface area contributed by atoms with Gasteiger partial charge in [-0.3, -0.25) is 4.21 Å². The first-order chi connectivity index (χ1) is 9.47. The van der Waals surface area contributed by atoms with Gasteiger partial charge in [-0.05, 0) is 35.9 Å². The first kappa shape index (κ1) is 15.2. The van der Waals surface area contributed by atoms with E-state index in [1.54, 1.807) is 30.3 Å². The second-order valence-electron chi connectivity index (χ2n) is 4.07. The highest BCUT2D eigenvalue weighted by Crippen LogP contribution is 2.23. The van der Waals surface area contributed by atoms with E-state index in [9.17, 15) is 9.00 Å². The van der Waals surface area contributed by atoms with Crippen LogP contribution in [0.25, 0.3) is 0 Å². The highest BCUT2D eigenvalue weighted by Gasteiger charge is 2.16. The molecule has 1 unspecified atom stereocenters. The predicted octanol–water partition coefficient (Wildman–Crippen LogP) is 4.11. The molecule has 0 saturated heterocycles. The van der Waals surface area contributed by atoms with Crippen LogP contribution in [0.5, 0.6) is 0 Å². The first-order valence-electron chi connectivity index (χ1n) is 5.63. The van der Waals surface area contributed by atoms with Crippen molar-refractivity contribution < 1.29 is 14.1 Å². The Hall–Kier alpha value is -1.17. The Kier molecular flexibility index (Phi) is 4.96. The Balaban J connectivity index is 2.34. The molecule has 0 radical (unpaired) electrons. The summed E-state index contributed by atoms with van der Waals surface area (Å²) >= 11 is 9.14. The standard InChI is InChI=1S/C14H10BrClO3S/c15-10-4-5-12(14(17)18)13(7-10)20(19)8-9-2-1-3-11(16)6-9/h1-7H,8H2,(H,17,18). The fraction of sp³-hybridized carbons (Fsp3) is 0.0714. The highest BCUT2D eigenvalue weighted by atomic mass is 79.9. The number of carboxylic acid groups (broad SMARTS) is 1. The molecule has 1 atom stereocenters. The summed E-state index contributed by atoms with van der Waals surface area (Å²) in [7, 11) is -1.45. The summed E-state index contributed by atoms with van der Waals surface area (Å²) in [5.74, 6) is -0.871. The van der Waals surface area contributed by atoms with Crippen LogP contribution >= 0.6 is 27.5 Å². The van der Waals surface area contributed by atoms with E-state index in [4.69, 9.17) is 16.7 Å². The van der Waals surface area contributed by atoms with Gasteiger partial charge in [0.05, 0.1) is 27.0 Å². The summed E-state index contributed by atoms with van der Waals surface area (Å²) in [6, 6.07) is 11.7.